The minimum Gasteiger partial charge on any atom is -0.244 e. The molecule has 0 saturated carbocycles. The first-order chi connectivity index (χ1) is 7.38. The second-order valence-corrected chi connectivity index (χ2v) is 3.61. The van der Waals surface area contributed by atoms with Gasteiger partial charge in [0, 0.05) is 12.0 Å². The summed E-state index contributed by atoms with van der Waals surface area (Å²) in [6, 6.07) is 2.03. The summed E-state index contributed by atoms with van der Waals surface area (Å²) in [5.41, 5.74) is 4.77. The molecule has 0 atom stereocenters. The van der Waals surface area contributed by atoms with Crippen LogP contribution in [0.15, 0.2) is 10.7 Å². The lowest BCUT2D eigenvalue weighted by molar-refractivity contribution is 0.305. The Kier molecular flexibility index (Phi) is 1.77. The van der Waals surface area contributed by atoms with Crippen LogP contribution in [0.1, 0.15) is 24.0 Å². The van der Waals surface area contributed by atoms with Crippen LogP contribution in [0.4, 0.5) is 0 Å². The molecular formula is C10H10N4O. The molecule has 15 heavy (non-hydrogen) atoms. The van der Waals surface area contributed by atoms with E-state index in [1.807, 2.05) is 6.07 Å². The normalized spacial score (nSPS) is 13.4. The van der Waals surface area contributed by atoms with Gasteiger partial charge in [-0.25, -0.2) is 4.63 Å². The second-order valence-electron chi connectivity index (χ2n) is 3.61. The topological polar surface area (TPSA) is 64.7 Å². The summed E-state index contributed by atoms with van der Waals surface area (Å²) < 4.78 is 4.75. The molecule has 2 aromatic rings. The van der Waals surface area contributed by atoms with Crippen LogP contribution in [0.2, 0.25) is 0 Å². The zero-order valence-electron chi connectivity index (χ0n) is 8.40. The SMILES string of the molecule is CCc1cc2c(nn1)CCc1nonc1-2. The Morgan fingerprint density at radius 3 is 2.93 bits per heavy atom. The highest BCUT2D eigenvalue weighted by molar-refractivity contribution is 5.65. The van der Waals surface area contributed by atoms with Crippen molar-refractivity contribution in [1.29, 1.82) is 0 Å². The minimum atomic E-state index is 0.834. The summed E-state index contributed by atoms with van der Waals surface area (Å²) >= 11 is 0. The Bertz CT molecular complexity index is 506. The van der Waals surface area contributed by atoms with Crippen LogP contribution in [-0.4, -0.2) is 20.5 Å². The van der Waals surface area contributed by atoms with Crippen molar-refractivity contribution in [2.24, 2.45) is 0 Å². The standard InChI is InChI=1S/C10H10N4O/c1-2-6-5-7-8(12-11-6)3-4-9-10(7)14-15-13-9/h5H,2-4H2,1H3. The number of hydrogen-bond donors (Lipinski definition) is 0. The highest BCUT2D eigenvalue weighted by Crippen LogP contribution is 2.29. The molecule has 1 aliphatic rings. The third-order valence-corrected chi connectivity index (χ3v) is 2.69. The first-order valence-electron chi connectivity index (χ1n) is 5.05. The van der Waals surface area contributed by atoms with E-state index >= 15 is 0 Å². The molecule has 76 valence electrons. The van der Waals surface area contributed by atoms with E-state index in [-0.39, 0.29) is 0 Å². The van der Waals surface area contributed by atoms with Crippen LogP contribution in [-0.2, 0) is 19.3 Å². The van der Waals surface area contributed by atoms with Crippen molar-refractivity contribution in [3.8, 4) is 11.3 Å². The van der Waals surface area contributed by atoms with Crippen molar-refractivity contribution < 1.29 is 4.63 Å². The maximum absolute atomic E-state index is 4.75. The van der Waals surface area contributed by atoms with Crippen molar-refractivity contribution in [3.63, 3.8) is 0 Å². The van der Waals surface area contributed by atoms with Crippen LogP contribution in [0.5, 0.6) is 0 Å². The van der Waals surface area contributed by atoms with Crippen molar-refractivity contribution >= 4 is 0 Å². The first-order valence-corrected chi connectivity index (χ1v) is 5.05. The molecule has 5 heteroatoms. The molecule has 0 radical (unpaired) electrons. The van der Waals surface area contributed by atoms with Gasteiger partial charge >= 0.3 is 0 Å². The molecule has 1 aliphatic carbocycles. The molecule has 0 saturated heterocycles. The third-order valence-electron chi connectivity index (χ3n) is 2.69. The molecule has 0 fully saturated rings. The lowest BCUT2D eigenvalue weighted by Gasteiger charge is -2.11. The van der Waals surface area contributed by atoms with Gasteiger partial charge in [0.2, 0.25) is 0 Å². The zero-order chi connectivity index (χ0) is 10.3. The van der Waals surface area contributed by atoms with E-state index in [1.54, 1.807) is 0 Å². The average molecular weight is 202 g/mol. The highest BCUT2D eigenvalue weighted by atomic mass is 16.6. The van der Waals surface area contributed by atoms with Gasteiger partial charge in [-0.05, 0) is 24.1 Å². The van der Waals surface area contributed by atoms with E-state index in [1.165, 1.54) is 0 Å². The van der Waals surface area contributed by atoms with Gasteiger partial charge in [-0.3, -0.25) is 0 Å². The van der Waals surface area contributed by atoms with Gasteiger partial charge in [0.15, 0.2) is 0 Å². The number of aromatic nitrogens is 4. The quantitative estimate of drug-likeness (QED) is 0.694. The molecule has 0 N–H and O–H groups in total. The fourth-order valence-electron chi connectivity index (χ4n) is 1.83. The van der Waals surface area contributed by atoms with Crippen molar-refractivity contribution in [3.05, 3.63) is 23.1 Å². The monoisotopic (exact) mass is 202 g/mol. The zero-order valence-corrected chi connectivity index (χ0v) is 8.40. The Labute approximate surface area is 86.5 Å². The summed E-state index contributed by atoms with van der Waals surface area (Å²) in [6.45, 7) is 2.06. The Hall–Kier alpha value is -1.78. The Morgan fingerprint density at radius 2 is 2.07 bits per heavy atom. The van der Waals surface area contributed by atoms with Gasteiger partial charge < -0.3 is 0 Å². The summed E-state index contributed by atoms with van der Waals surface area (Å²) in [7, 11) is 0. The van der Waals surface area contributed by atoms with Crippen LogP contribution < -0.4 is 0 Å². The summed E-state index contributed by atoms with van der Waals surface area (Å²) in [6.07, 6.45) is 2.58. The van der Waals surface area contributed by atoms with Gasteiger partial charge in [0.1, 0.15) is 11.4 Å². The first kappa shape index (κ1) is 8.52. The molecule has 2 aromatic heterocycles. The predicted octanol–water partition coefficient (Wildman–Crippen LogP) is 1.19. The van der Waals surface area contributed by atoms with Crippen LogP contribution in [0.25, 0.3) is 11.3 Å². The fourth-order valence-corrected chi connectivity index (χ4v) is 1.83. The van der Waals surface area contributed by atoms with E-state index < -0.39 is 0 Å². The number of fused-ring (bicyclic) bond motifs is 3. The van der Waals surface area contributed by atoms with Crippen LogP contribution in [0.3, 0.4) is 0 Å². The molecule has 0 bridgehead atoms. The van der Waals surface area contributed by atoms with E-state index in [2.05, 4.69) is 27.4 Å². The van der Waals surface area contributed by atoms with E-state index in [9.17, 15) is 0 Å². The minimum absolute atomic E-state index is 0.834. The number of hydrogen-bond acceptors (Lipinski definition) is 5. The predicted molar refractivity (Wildman–Crippen MR) is 52.1 cm³/mol. The van der Waals surface area contributed by atoms with E-state index in [0.29, 0.717) is 0 Å². The van der Waals surface area contributed by atoms with Crippen LogP contribution >= 0.6 is 0 Å². The molecule has 0 unspecified atom stereocenters. The molecule has 0 spiro atoms. The lowest BCUT2D eigenvalue weighted by Crippen LogP contribution is -2.08. The molecule has 0 aromatic carbocycles. The Balaban J connectivity index is 2.21. The molecule has 5 nitrogen and oxygen atoms in total. The molecule has 0 aliphatic heterocycles. The van der Waals surface area contributed by atoms with Gasteiger partial charge in [0.25, 0.3) is 0 Å². The van der Waals surface area contributed by atoms with Gasteiger partial charge in [-0.15, -0.1) is 0 Å². The van der Waals surface area contributed by atoms with Gasteiger partial charge in [-0.1, -0.05) is 12.1 Å². The van der Waals surface area contributed by atoms with Crippen molar-refractivity contribution in [2.45, 2.75) is 26.2 Å². The summed E-state index contributed by atoms with van der Waals surface area (Å²) in [5.74, 6) is 0. The maximum atomic E-state index is 4.75. The summed E-state index contributed by atoms with van der Waals surface area (Å²) in [4.78, 5) is 0. The number of aryl methyl sites for hydroxylation is 3. The molecular weight excluding hydrogens is 192 g/mol. The second kappa shape index (κ2) is 3.12. The Morgan fingerprint density at radius 1 is 1.20 bits per heavy atom. The molecule has 0 amide bonds. The highest BCUT2D eigenvalue weighted by Gasteiger charge is 2.22. The number of nitrogens with zero attached hydrogens (tertiary/aromatic N) is 4. The average Bonchev–Trinajstić information content (AvgIpc) is 2.76. The van der Waals surface area contributed by atoms with Crippen molar-refractivity contribution in [2.75, 3.05) is 0 Å². The summed E-state index contributed by atoms with van der Waals surface area (Å²) in [5, 5.41) is 16.1. The maximum Gasteiger partial charge on any atom is 0.140 e. The van der Waals surface area contributed by atoms with Gasteiger partial charge in [0.05, 0.1) is 11.4 Å². The lowest BCUT2D eigenvalue weighted by atomic mass is 9.97. The third kappa shape index (κ3) is 1.23. The number of rotatable bonds is 1. The van der Waals surface area contributed by atoms with Crippen molar-refractivity contribution in [1.82, 2.24) is 20.5 Å². The van der Waals surface area contributed by atoms with Gasteiger partial charge in [-0.2, -0.15) is 10.2 Å². The largest absolute Gasteiger partial charge is 0.244 e. The molecule has 3 rings (SSSR count). The van der Waals surface area contributed by atoms with E-state index in [0.717, 1.165) is 47.6 Å². The van der Waals surface area contributed by atoms with Crippen LogP contribution in [0, 0.1) is 0 Å². The van der Waals surface area contributed by atoms with E-state index in [4.69, 9.17) is 4.63 Å². The molecule has 2 heterocycles. The smallest absolute Gasteiger partial charge is 0.140 e. The fraction of sp³-hybridized carbons (Fsp3) is 0.400.